The number of hydrogen-bond acceptors (Lipinski definition) is 1. The van der Waals surface area contributed by atoms with E-state index in [9.17, 15) is 0 Å². The first kappa shape index (κ1) is 13.9. The second-order valence-corrected chi connectivity index (χ2v) is 6.13. The van der Waals surface area contributed by atoms with Crippen LogP contribution >= 0.6 is 39.1 Å². The van der Waals surface area contributed by atoms with E-state index < -0.39 is 0 Å². The molecule has 0 amide bonds. The summed E-state index contributed by atoms with van der Waals surface area (Å²) in [5, 5.41) is 0.738. The summed E-state index contributed by atoms with van der Waals surface area (Å²) in [4.78, 5) is 4.58. The first-order valence-electron chi connectivity index (χ1n) is 6.12. The minimum absolute atomic E-state index is 0.382. The molecule has 1 aromatic heterocycles. The van der Waals surface area contributed by atoms with E-state index in [1.807, 2.05) is 36.4 Å². The lowest BCUT2D eigenvalue weighted by Gasteiger charge is -2.08. The number of halogens is 3. The lowest BCUT2D eigenvalue weighted by atomic mass is 10.2. The average Bonchev–Trinajstić information content (AvgIpc) is 2.76. The molecule has 20 heavy (non-hydrogen) atoms. The Bertz CT molecular complexity index is 768. The summed E-state index contributed by atoms with van der Waals surface area (Å²) < 4.78 is 3.14. The molecule has 3 aromatic rings. The lowest BCUT2D eigenvalue weighted by molar-refractivity contribution is 0.779. The van der Waals surface area contributed by atoms with Gasteiger partial charge in [-0.05, 0) is 35.9 Å². The van der Waals surface area contributed by atoms with Crippen molar-refractivity contribution in [3.8, 4) is 0 Å². The molecule has 0 atom stereocenters. The molecule has 1 heterocycles. The van der Waals surface area contributed by atoms with Crippen LogP contribution in [0.3, 0.4) is 0 Å². The molecule has 0 saturated carbocycles. The first-order valence-corrected chi connectivity index (χ1v) is 7.83. The highest BCUT2D eigenvalue weighted by Gasteiger charge is 2.10. The zero-order chi connectivity index (χ0) is 14.1. The Labute approximate surface area is 135 Å². The predicted molar refractivity (Wildman–Crippen MR) is 87.5 cm³/mol. The van der Waals surface area contributed by atoms with Crippen molar-refractivity contribution in [2.24, 2.45) is 0 Å². The van der Waals surface area contributed by atoms with E-state index in [4.69, 9.17) is 23.2 Å². The van der Waals surface area contributed by atoms with E-state index in [-0.39, 0.29) is 0 Å². The summed E-state index contributed by atoms with van der Waals surface area (Å²) in [6, 6.07) is 13.9. The molecule has 102 valence electrons. The fraction of sp³-hybridized carbons (Fsp3) is 0.133. The fourth-order valence-corrected chi connectivity index (χ4v) is 3.02. The summed E-state index contributed by atoms with van der Waals surface area (Å²) in [6.07, 6.45) is 0. The molecule has 0 aliphatic carbocycles. The minimum atomic E-state index is 0.382. The van der Waals surface area contributed by atoms with Crippen LogP contribution in [0.1, 0.15) is 11.4 Å². The summed E-state index contributed by atoms with van der Waals surface area (Å²) >= 11 is 15.5. The van der Waals surface area contributed by atoms with E-state index >= 15 is 0 Å². The Morgan fingerprint density at radius 3 is 2.75 bits per heavy atom. The van der Waals surface area contributed by atoms with Crippen molar-refractivity contribution in [1.82, 2.24) is 9.55 Å². The summed E-state index contributed by atoms with van der Waals surface area (Å²) in [7, 11) is 0. The number of fused-ring (bicyclic) bond motifs is 1. The molecule has 0 unspecified atom stereocenters. The highest BCUT2D eigenvalue weighted by atomic mass is 79.9. The van der Waals surface area contributed by atoms with Crippen LogP contribution in [0.15, 0.2) is 46.9 Å². The van der Waals surface area contributed by atoms with E-state index in [2.05, 4.69) is 31.5 Å². The van der Waals surface area contributed by atoms with Gasteiger partial charge >= 0.3 is 0 Å². The van der Waals surface area contributed by atoms with Gasteiger partial charge in [-0.15, -0.1) is 11.6 Å². The Hall–Kier alpha value is -1.03. The van der Waals surface area contributed by atoms with Crippen LogP contribution in [0.2, 0.25) is 5.02 Å². The number of benzene rings is 2. The van der Waals surface area contributed by atoms with Gasteiger partial charge < -0.3 is 4.57 Å². The van der Waals surface area contributed by atoms with Gasteiger partial charge in [0.1, 0.15) is 5.82 Å². The molecule has 3 rings (SSSR count). The number of hydrogen-bond donors (Lipinski definition) is 0. The fourth-order valence-electron chi connectivity index (χ4n) is 2.25. The third-order valence-electron chi connectivity index (χ3n) is 3.14. The van der Waals surface area contributed by atoms with Gasteiger partial charge in [0.2, 0.25) is 0 Å². The summed E-state index contributed by atoms with van der Waals surface area (Å²) in [5.74, 6) is 1.24. The van der Waals surface area contributed by atoms with Gasteiger partial charge in [-0.25, -0.2) is 4.98 Å². The van der Waals surface area contributed by atoms with Crippen LogP contribution in [0.5, 0.6) is 0 Å². The maximum Gasteiger partial charge on any atom is 0.125 e. The number of rotatable bonds is 3. The molecule has 2 nitrogen and oxygen atoms in total. The van der Waals surface area contributed by atoms with E-state index in [0.29, 0.717) is 12.4 Å². The van der Waals surface area contributed by atoms with Crippen molar-refractivity contribution in [3.05, 3.63) is 63.3 Å². The van der Waals surface area contributed by atoms with Crippen LogP contribution < -0.4 is 0 Å². The minimum Gasteiger partial charge on any atom is -0.322 e. The van der Waals surface area contributed by atoms with Crippen molar-refractivity contribution < 1.29 is 0 Å². The first-order chi connectivity index (χ1) is 9.67. The molecular weight excluding hydrogens is 359 g/mol. The Morgan fingerprint density at radius 1 is 1.15 bits per heavy atom. The zero-order valence-electron chi connectivity index (χ0n) is 10.5. The third-order valence-corrected chi connectivity index (χ3v) is 4.11. The number of imidazole rings is 1. The monoisotopic (exact) mass is 368 g/mol. The molecule has 0 saturated heterocycles. The molecular formula is C15H11BrCl2N2. The van der Waals surface area contributed by atoms with Gasteiger partial charge in [-0.3, -0.25) is 0 Å². The third kappa shape index (κ3) is 2.71. The average molecular weight is 370 g/mol. The highest BCUT2D eigenvalue weighted by molar-refractivity contribution is 9.10. The van der Waals surface area contributed by atoms with Crippen molar-refractivity contribution >= 4 is 50.2 Å². The van der Waals surface area contributed by atoms with Crippen LogP contribution in [0.4, 0.5) is 0 Å². The SMILES string of the molecule is ClCc1nc2cc(Br)ccc2n1Cc1cccc(Cl)c1. The molecule has 0 spiro atoms. The van der Waals surface area contributed by atoms with Crippen LogP contribution in [0.25, 0.3) is 11.0 Å². The van der Waals surface area contributed by atoms with Gasteiger partial charge in [0, 0.05) is 16.0 Å². The zero-order valence-corrected chi connectivity index (χ0v) is 13.6. The molecule has 2 aromatic carbocycles. The standard InChI is InChI=1S/C15H11BrCl2N2/c16-11-4-5-14-13(7-11)19-15(8-17)20(14)9-10-2-1-3-12(18)6-10/h1-7H,8-9H2. The van der Waals surface area contributed by atoms with Crippen LogP contribution in [-0.2, 0) is 12.4 Å². The quantitative estimate of drug-likeness (QED) is 0.577. The highest BCUT2D eigenvalue weighted by Crippen LogP contribution is 2.23. The molecule has 0 fully saturated rings. The van der Waals surface area contributed by atoms with Gasteiger partial charge in [0.05, 0.1) is 16.9 Å². The molecule has 0 radical (unpaired) electrons. The van der Waals surface area contributed by atoms with Gasteiger partial charge in [0.15, 0.2) is 0 Å². The molecule has 0 aliphatic heterocycles. The lowest BCUT2D eigenvalue weighted by Crippen LogP contribution is -2.03. The summed E-state index contributed by atoms with van der Waals surface area (Å²) in [5.41, 5.74) is 3.15. The number of aromatic nitrogens is 2. The van der Waals surface area contributed by atoms with Crippen LogP contribution in [0, 0.1) is 0 Å². The maximum absolute atomic E-state index is 6.04. The Kier molecular flexibility index (Phi) is 4.01. The van der Waals surface area contributed by atoms with Crippen molar-refractivity contribution in [3.63, 3.8) is 0 Å². The van der Waals surface area contributed by atoms with E-state index in [1.165, 1.54) is 0 Å². The Balaban J connectivity index is 2.10. The van der Waals surface area contributed by atoms with E-state index in [0.717, 1.165) is 31.9 Å². The van der Waals surface area contributed by atoms with Crippen molar-refractivity contribution in [1.29, 1.82) is 0 Å². The van der Waals surface area contributed by atoms with Crippen molar-refractivity contribution in [2.45, 2.75) is 12.4 Å². The molecule has 0 bridgehead atoms. The smallest absolute Gasteiger partial charge is 0.125 e. The second kappa shape index (κ2) is 5.76. The largest absolute Gasteiger partial charge is 0.322 e. The van der Waals surface area contributed by atoms with Gasteiger partial charge in [0.25, 0.3) is 0 Å². The predicted octanol–water partition coefficient (Wildman–Crippen LogP) is 5.24. The normalized spacial score (nSPS) is 11.2. The Morgan fingerprint density at radius 2 is 2.00 bits per heavy atom. The molecule has 0 N–H and O–H groups in total. The number of alkyl halides is 1. The van der Waals surface area contributed by atoms with Gasteiger partial charge in [-0.1, -0.05) is 39.7 Å². The second-order valence-electron chi connectivity index (χ2n) is 4.51. The molecule has 5 heteroatoms. The maximum atomic E-state index is 6.04. The summed E-state index contributed by atoms with van der Waals surface area (Å²) in [6.45, 7) is 0.709. The van der Waals surface area contributed by atoms with E-state index in [1.54, 1.807) is 0 Å². The van der Waals surface area contributed by atoms with Crippen LogP contribution in [-0.4, -0.2) is 9.55 Å². The molecule has 0 aliphatic rings. The topological polar surface area (TPSA) is 17.8 Å². The van der Waals surface area contributed by atoms with Gasteiger partial charge in [-0.2, -0.15) is 0 Å². The van der Waals surface area contributed by atoms with Crippen molar-refractivity contribution in [2.75, 3.05) is 0 Å². The number of nitrogens with zero attached hydrogens (tertiary/aromatic N) is 2.